The number of azide groups is 1. The highest BCUT2D eigenvalue weighted by atomic mass is 32.1. The normalized spacial score (nSPS) is 10.0. The summed E-state index contributed by atoms with van der Waals surface area (Å²) in [7, 11) is 1.54. The average molecular weight is 220 g/mol. The van der Waals surface area contributed by atoms with Gasteiger partial charge < -0.3 is 4.74 Å². The molecule has 0 saturated carbocycles. The van der Waals surface area contributed by atoms with Crippen molar-refractivity contribution in [1.82, 2.24) is 4.98 Å². The molecule has 0 atom stereocenters. The summed E-state index contributed by atoms with van der Waals surface area (Å²) in [4.78, 5) is 7.08. The molecular weight excluding hydrogens is 212 g/mol. The SMILES string of the molecule is COc1cc2nc(C)sc2cc1N=[N+]=[N-]. The Balaban J connectivity index is 2.73. The van der Waals surface area contributed by atoms with E-state index in [-0.39, 0.29) is 0 Å². The van der Waals surface area contributed by atoms with Crippen molar-refractivity contribution in [2.75, 3.05) is 7.11 Å². The van der Waals surface area contributed by atoms with E-state index in [4.69, 9.17) is 10.3 Å². The Labute approximate surface area is 90.0 Å². The van der Waals surface area contributed by atoms with Crippen LogP contribution >= 0.6 is 11.3 Å². The van der Waals surface area contributed by atoms with E-state index in [1.165, 1.54) is 7.11 Å². The molecule has 0 radical (unpaired) electrons. The number of hydrogen-bond acceptors (Lipinski definition) is 4. The van der Waals surface area contributed by atoms with Crippen LogP contribution in [0.5, 0.6) is 5.75 Å². The quantitative estimate of drug-likeness (QED) is 0.441. The fourth-order valence-electron chi connectivity index (χ4n) is 1.35. The third kappa shape index (κ3) is 1.72. The second kappa shape index (κ2) is 3.76. The highest BCUT2D eigenvalue weighted by Gasteiger charge is 2.07. The van der Waals surface area contributed by atoms with E-state index in [0.717, 1.165) is 15.2 Å². The molecule has 1 heterocycles. The van der Waals surface area contributed by atoms with Gasteiger partial charge in [0.05, 0.1) is 28.0 Å². The van der Waals surface area contributed by atoms with E-state index in [1.807, 2.05) is 6.92 Å². The molecule has 0 spiro atoms. The summed E-state index contributed by atoms with van der Waals surface area (Å²) in [6, 6.07) is 3.57. The summed E-state index contributed by atoms with van der Waals surface area (Å²) in [6.45, 7) is 1.93. The standard InChI is InChI=1S/C9H8N4OS/c1-5-11-7-3-8(14-2)6(12-13-10)4-9(7)15-5/h3-4H,1-2H3. The summed E-state index contributed by atoms with van der Waals surface area (Å²) >= 11 is 1.56. The molecule has 0 bridgehead atoms. The third-order valence-corrected chi connectivity index (χ3v) is 2.88. The molecule has 0 aliphatic heterocycles. The van der Waals surface area contributed by atoms with Crippen LogP contribution in [0.2, 0.25) is 0 Å². The molecule has 0 fully saturated rings. The van der Waals surface area contributed by atoms with Crippen molar-refractivity contribution in [2.24, 2.45) is 5.11 Å². The molecule has 5 nitrogen and oxygen atoms in total. The summed E-state index contributed by atoms with van der Waals surface area (Å²) in [5.74, 6) is 0.547. The maximum atomic E-state index is 8.41. The van der Waals surface area contributed by atoms with Crippen LogP contribution in [-0.4, -0.2) is 12.1 Å². The van der Waals surface area contributed by atoms with Crippen molar-refractivity contribution in [2.45, 2.75) is 6.92 Å². The van der Waals surface area contributed by atoms with Crippen molar-refractivity contribution in [3.05, 3.63) is 27.6 Å². The Morgan fingerprint density at radius 2 is 2.33 bits per heavy atom. The maximum Gasteiger partial charge on any atom is 0.130 e. The first kappa shape index (κ1) is 9.76. The van der Waals surface area contributed by atoms with Gasteiger partial charge in [0.25, 0.3) is 0 Å². The monoisotopic (exact) mass is 220 g/mol. The van der Waals surface area contributed by atoms with E-state index < -0.39 is 0 Å². The van der Waals surface area contributed by atoms with Crippen molar-refractivity contribution in [1.29, 1.82) is 0 Å². The Morgan fingerprint density at radius 3 is 3.00 bits per heavy atom. The zero-order chi connectivity index (χ0) is 10.8. The minimum Gasteiger partial charge on any atom is -0.496 e. The van der Waals surface area contributed by atoms with Crippen LogP contribution < -0.4 is 4.74 Å². The van der Waals surface area contributed by atoms with Crippen LogP contribution in [0, 0.1) is 6.92 Å². The highest BCUT2D eigenvalue weighted by molar-refractivity contribution is 7.18. The van der Waals surface area contributed by atoms with Crippen LogP contribution in [-0.2, 0) is 0 Å². The van der Waals surface area contributed by atoms with Gasteiger partial charge in [0.15, 0.2) is 0 Å². The van der Waals surface area contributed by atoms with Gasteiger partial charge in [-0.05, 0) is 18.5 Å². The lowest BCUT2D eigenvalue weighted by atomic mass is 10.3. The first-order valence-electron chi connectivity index (χ1n) is 4.25. The number of fused-ring (bicyclic) bond motifs is 1. The number of benzene rings is 1. The first-order valence-corrected chi connectivity index (χ1v) is 5.06. The van der Waals surface area contributed by atoms with E-state index in [9.17, 15) is 0 Å². The van der Waals surface area contributed by atoms with E-state index in [1.54, 1.807) is 23.5 Å². The summed E-state index contributed by atoms with van der Waals surface area (Å²) in [5.41, 5.74) is 9.77. The Morgan fingerprint density at radius 1 is 1.53 bits per heavy atom. The minimum atomic E-state index is 0.496. The first-order chi connectivity index (χ1) is 7.24. The van der Waals surface area contributed by atoms with E-state index >= 15 is 0 Å². The molecule has 0 unspecified atom stereocenters. The molecular formula is C9H8N4OS. The molecule has 15 heavy (non-hydrogen) atoms. The van der Waals surface area contributed by atoms with Gasteiger partial charge in [-0.2, -0.15) is 0 Å². The smallest absolute Gasteiger partial charge is 0.130 e. The molecule has 6 heteroatoms. The lowest BCUT2D eigenvalue weighted by Gasteiger charge is -2.02. The van der Waals surface area contributed by atoms with Crippen molar-refractivity contribution in [3.63, 3.8) is 0 Å². The second-order valence-electron chi connectivity index (χ2n) is 2.91. The molecule has 0 aliphatic rings. The molecule has 2 rings (SSSR count). The number of thiazole rings is 1. The number of aryl methyl sites for hydroxylation is 1. The fraction of sp³-hybridized carbons (Fsp3) is 0.222. The third-order valence-electron chi connectivity index (χ3n) is 1.95. The second-order valence-corrected chi connectivity index (χ2v) is 4.15. The number of nitrogens with zero attached hydrogens (tertiary/aromatic N) is 4. The molecule has 1 aromatic carbocycles. The average Bonchev–Trinajstić information content (AvgIpc) is 2.56. The van der Waals surface area contributed by atoms with Gasteiger partial charge in [-0.1, -0.05) is 5.11 Å². The molecule has 76 valence electrons. The van der Waals surface area contributed by atoms with Crippen LogP contribution in [0.25, 0.3) is 20.7 Å². The lowest BCUT2D eigenvalue weighted by Crippen LogP contribution is -1.82. The topological polar surface area (TPSA) is 70.9 Å². The number of methoxy groups -OCH3 is 1. The number of rotatable bonds is 2. The summed E-state index contributed by atoms with van der Waals surface area (Å²) in [6.07, 6.45) is 0. The van der Waals surface area contributed by atoms with Gasteiger partial charge in [0.2, 0.25) is 0 Å². The van der Waals surface area contributed by atoms with E-state index in [0.29, 0.717) is 11.4 Å². The van der Waals surface area contributed by atoms with Crippen LogP contribution in [0.15, 0.2) is 17.2 Å². The zero-order valence-electron chi connectivity index (χ0n) is 8.26. The van der Waals surface area contributed by atoms with Gasteiger partial charge >= 0.3 is 0 Å². The lowest BCUT2D eigenvalue weighted by molar-refractivity contribution is 0.416. The number of hydrogen-bond donors (Lipinski definition) is 0. The summed E-state index contributed by atoms with van der Waals surface area (Å²) < 4.78 is 6.11. The predicted octanol–water partition coefficient (Wildman–Crippen LogP) is 3.56. The molecule has 2 aromatic rings. The fourth-order valence-corrected chi connectivity index (χ4v) is 2.19. The number of ether oxygens (including phenoxy) is 1. The summed E-state index contributed by atoms with van der Waals surface area (Å²) in [5, 5.41) is 4.55. The Bertz CT molecular complexity index is 556. The van der Waals surface area contributed by atoms with Crippen LogP contribution in [0.3, 0.4) is 0 Å². The van der Waals surface area contributed by atoms with Crippen LogP contribution in [0.4, 0.5) is 5.69 Å². The largest absolute Gasteiger partial charge is 0.496 e. The molecule has 0 aliphatic carbocycles. The van der Waals surface area contributed by atoms with Gasteiger partial charge in [-0.25, -0.2) is 4.98 Å². The Kier molecular flexibility index (Phi) is 2.45. The van der Waals surface area contributed by atoms with Crippen molar-refractivity contribution >= 4 is 27.2 Å². The van der Waals surface area contributed by atoms with Crippen molar-refractivity contribution in [3.8, 4) is 5.75 Å². The van der Waals surface area contributed by atoms with Crippen LogP contribution in [0.1, 0.15) is 5.01 Å². The molecule has 1 aromatic heterocycles. The van der Waals surface area contributed by atoms with Crippen molar-refractivity contribution < 1.29 is 4.74 Å². The maximum absolute atomic E-state index is 8.41. The van der Waals surface area contributed by atoms with E-state index in [2.05, 4.69) is 15.0 Å². The zero-order valence-corrected chi connectivity index (χ0v) is 9.08. The van der Waals surface area contributed by atoms with Gasteiger partial charge in [0, 0.05) is 11.0 Å². The highest BCUT2D eigenvalue weighted by Crippen LogP contribution is 2.34. The molecule has 0 N–H and O–H groups in total. The molecule has 0 amide bonds. The predicted molar refractivity (Wildman–Crippen MR) is 59.7 cm³/mol. The van der Waals surface area contributed by atoms with Gasteiger partial charge in [-0.3, -0.25) is 0 Å². The minimum absolute atomic E-state index is 0.496. The number of aromatic nitrogens is 1. The van der Waals surface area contributed by atoms with Gasteiger partial charge in [0.1, 0.15) is 5.75 Å². The molecule has 0 saturated heterocycles. The Hall–Kier alpha value is -1.78. The van der Waals surface area contributed by atoms with Gasteiger partial charge in [-0.15, -0.1) is 11.3 Å².